The predicted molar refractivity (Wildman–Crippen MR) is 105 cm³/mol. The first-order valence-corrected chi connectivity index (χ1v) is 8.93. The van der Waals surface area contributed by atoms with Gasteiger partial charge in [0.1, 0.15) is 6.61 Å². The quantitative estimate of drug-likeness (QED) is 0.708. The van der Waals surface area contributed by atoms with Crippen LogP contribution in [-0.2, 0) is 0 Å². The minimum atomic E-state index is -0.607. The lowest BCUT2D eigenvalue weighted by atomic mass is 9.87. The van der Waals surface area contributed by atoms with Crippen LogP contribution in [0, 0.1) is 11.2 Å². The van der Waals surface area contributed by atoms with E-state index in [9.17, 15) is 14.0 Å². The average Bonchev–Trinajstić information content (AvgIpc) is 2.65. The molecule has 2 N–H and O–H groups in total. The van der Waals surface area contributed by atoms with Gasteiger partial charge in [-0.25, -0.2) is 4.39 Å². The molecule has 1 unspecified atom stereocenters. The Hall–Kier alpha value is -3.22. The van der Waals surface area contributed by atoms with Crippen molar-refractivity contribution >= 4 is 16.8 Å². The van der Waals surface area contributed by atoms with Gasteiger partial charge in [-0.15, -0.1) is 0 Å². The first-order valence-electron chi connectivity index (χ1n) is 8.93. The Morgan fingerprint density at radius 2 is 1.86 bits per heavy atom. The number of fused-ring (bicyclic) bond motifs is 1. The maximum absolute atomic E-state index is 13.8. The number of benzene rings is 2. The van der Waals surface area contributed by atoms with Crippen molar-refractivity contribution < 1.29 is 13.9 Å². The smallest absolute Gasteiger partial charge is 0.276 e. The number of para-hydroxylation sites is 2. The first kappa shape index (κ1) is 19.5. The first-order chi connectivity index (χ1) is 13.3. The van der Waals surface area contributed by atoms with Crippen LogP contribution in [0.25, 0.3) is 10.9 Å². The van der Waals surface area contributed by atoms with Crippen LogP contribution >= 0.6 is 0 Å². The molecule has 0 aliphatic rings. The second kappa shape index (κ2) is 7.80. The van der Waals surface area contributed by atoms with Gasteiger partial charge in [-0.3, -0.25) is 14.7 Å². The largest absolute Gasteiger partial charge is 0.488 e. The summed E-state index contributed by atoms with van der Waals surface area (Å²) < 4.78 is 19.4. The van der Waals surface area contributed by atoms with Gasteiger partial charge in [0.15, 0.2) is 17.3 Å². The second-order valence-electron chi connectivity index (χ2n) is 7.58. The highest BCUT2D eigenvalue weighted by atomic mass is 19.1. The Kier molecular flexibility index (Phi) is 5.44. The fourth-order valence-corrected chi connectivity index (χ4v) is 2.70. The molecule has 0 aliphatic heterocycles. The molecular weight excluding hydrogens is 361 g/mol. The molecule has 0 spiro atoms. The van der Waals surface area contributed by atoms with E-state index in [0.717, 1.165) is 0 Å². The van der Waals surface area contributed by atoms with E-state index in [1.807, 2.05) is 20.8 Å². The van der Waals surface area contributed by atoms with Crippen LogP contribution in [0.1, 0.15) is 31.3 Å². The van der Waals surface area contributed by atoms with Crippen LogP contribution in [0.5, 0.6) is 5.75 Å². The number of rotatable bonds is 5. The van der Waals surface area contributed by atoms with Gasteiger partial charge in [0.25, 0.3) is 5.91 Å². The highest BCUT2D eigenvalue weighted by Crippen LogP contribution is 2.22. The fraction of sp³-hybridized carbons (Fsp3) is 0.286. The van der Waals surface area contributed by atoms with Gasteiger partial charge in [-0.2, -0.15) is 5.10 Å². The molecule has 1 amide bonds. The summed E-state index contributed by atoms with van der Waals surface area (Å²) in [6.07, 6.45) is 0. The van der Waals surface area contributed by atoms with Crippen molar-refractivity contribution in [3.05, 3.63) is 70.3 Å². The van der Waals surface area contributed by atoms with Crippen LogP contribution in [0.2, 0.25) is 0 Å². The van der Waals surface area contributed by atoms with Gasteiger partial charge in [0.2, 0.25) is 5.43 Å². The normalized spacial score (nSPS) is 12.6. The summed E-state index contributed by atoms with van der Waals surface area (Å²) in [5.74, 6) is -0.981. The number of hydrogen-bond acceptors (Lipinski definition) is 4. The molecule has 3 rings (SSSR count). The Morgan fingerprint density at radius 1 is 1.18 bits per heavy atom. The van der Waals surface area contributed by atoms with Gasteiger partial charge in [-0.1, -0.05) is 45.0 Å². The number of hydrogen-bond donors (Lipinski definition) is 2. The van der Waals surface area contributed by atoms with Gasteiger partial charge >= 0.3 is 0 Å². The molecule has 2 aromatic carbocycles. The van der Waals surface area contributed by atoms with Crippen molar-refractivity contribution in [1.82, 2.24) is 15.5 Å². The summed E-state index contributed by atoms with van der Waals surface area (Å²) in [5, 5.41) is 9.84. The third-order valence-electron chi connectivity index (χ3n) is 4.48. The molecule has 1 atom stereocenters. The number of amides is 1. The Bertz CT molecular complexity index is 1060. The van der Waals surface area contributed by atoms with E-state index in [1.54, 1.807) is 36.4 Å². The fourth-order valence-electron chi connectivity index (χ4n) is 2.70. The predicted octanol–water partition coefficient (Wildman–Crippen LogP) is 3.29. The standard InChI is InChI=1S/C21H22FN3O3/c1-21(2,3)17(12-28-16-11-7-5-9-14(16)22)23-20(27)18-19(26)13-8-4-6-10-15(13)24-25-18/h4-11,17H,12H2,1-3H3,(H,23,27)(H,24,26). The molecular formula is C21H22FN3O3. The molecule has 1 heterocycles. The van der Waals surface area contributed by atoms with Gasteiger partial charge in [0, 0.05) is 5.39 Å². The minimum Gasteiger partial charge on any atom is -0.488 e. The number of aromatic amines is 1. The second-order valence-corrected chi connectivity index (χ2v) is 7.58. The molecule has 0 bridgehead atoms. The van der Waals surface area contributed by atoms with Crippen molar-refractivity contribution in [2.75, 3.05) is 6.61 Å². The number of nitrogens with one attached hydrogen (secondary N) is 2. The maximum atomic E-state index is 13.8. The van der Waals surface area contributed by atoms with E-state index in [-0.39, 0.29) is 18.1 Å². The lowest BCUT2D eigenvalue weighted by Crippen LogP contribution is -2.48. The molecule has 146 valence electrons. The molecule has 1 aromatic heterocycles. The van der Waals surface area contributed by atoms with Crippen LogP contribution in [-0.4, -0.2) is 28.8 Å². The summed E-state index contributed by atoms with van der Waals surface area (Å²) in [4.78, 5) is 25.3. The molecule has 6 nitrogen and oxygen atoms in total. The summed E-state index contributed by atoms with van der Waals surface area (Å²) in [7, 11) is 0. The van der Waals surface area contributed by atoms with E-state index in [1.165, 1.54) is 12.1 Å². The number of nitrogens with zero attached hydrogens (tertiary/aromatic N) is 1. The molecule has 0 fully saturated rings. The Labute approximate surface area is 161 Å². The topological polar surface area (TPSA) is 84.1 Å². The molecule has 7 heteroatoms. The van der Waals surface area contributed by atoms with Crippen LogP contribution < -0.4 is 15.5 Å². The van der Waals surface area contributed by atoms with Crippen molar-refractivity contribution in [3.8, 4) is 5.75 Å². The number of ether oxygens (including phenoxy) is 1. The van der Waals surface area contributed by atoms with E-state index in [4.69, 9.17) is 4.74 Å². The van der Waals surface area contributed by atoms with Crippen LogP contribution in [0.3, 0.4) is 0 Å². The molecule has 0 saturated heterocycles. The SMILES string of the molecule is CC(C)(C)C(COc1ccccc1F)NC(=O)c1n[nH]c2ccccc2c1=O. The monoisotopic (exact) mass is 383 g/mol. The molecule has 0 aliphatic carbocycles. The van der Waals surface area contributed by atoms with E-state index < -0.39 is 28.6 Å². The Morgan fingerprint density at radius 3 is 2.57 bits per heavy atom. The maximum Gasteiger partial charge on any atom is 0.276 e. The number of aromatic nitrogens is 2. The third-order valence-corrected chi connectivity index (χ3v) is 4.48. The summed E-state index contributed by atoms with van der Waals surface area (Å²) in [5.41, 5.74) is -0.516. The van der Waals surface area contributed by atoms with Crippen molar-refractivity contribution in [2.24, 2.45) is 5.41 Å². The molecule has 28 heavy (non-hydrogen) atoms. The van der Waals surface area contributed by atoms with Crippen LogP contribution in [0.15, 0.2) is 53.3 Å². The Balaban J connectivity index is 1.81. The summed E-state index contributed by atoms with van der Waals surface area (Å²) in [6, 6.07) is 12.4. The highest BCUT2D eigenvalue weighted by Gasteiger charge is 2.29. The highest BCUT2D eigenvalue weighted by molar-refractivity contribution is 5.95. The number of H-pyrrole nitrogens is 1. The lowest BCUT2D eigenvalue weighted by Gasteiger charge is -2.31. The number of halogens is 1. The summed E-state index contributed by atoms with van der Waals surface area (Å²) >= 11 is 0. The van der Waals surface area contributed by atoms with Crippen LogP contribution in [0.4, 0.5) is 4.39 Å². The lowest BCUT2D eigenvalue weighted by molar-refractivity contribution is 0.0853. The van der Waals surface area contributed by atoms with Gasteiger partial charge in [0.05, 0.1) is 11.6 Å². The molecule has 0 radical (unpaired) electrons. The van der Waals surface area contributed by atoms with Crippen molar-refractivity contribution in [1.29, 1.82) is 0 Å². The zero-order valence-corrected chi connectivity index (χ0v) is 16.0. The van der Waals surface area contributed by atoms with E-state index in [2.05, 4.69) is 15.5 Å². The van der Waals surface area contributed by atoms with Crippen molar-refractivity contribution in [3.63, 3.8) is 0 Å². The number of carbonyl (C=O) groups excluding carboxylic acids is 1. The average molecular weight is 383 g/mol. The van der Waals surface area contributed by atoms with E-state index >= 15 is 0 Å². The minimum absolute atomic E-state index is 0.0433. The zero-order valence-electron chi connectivity index (χ0n) is 16.0. The van der Waals surface area contributed by atoms with E-state index in [0.29, 0.717) is 10.9 Å². The van der Waals surface area contributed by atoms with Gasteiger partial charge < -0.3 is 10.1 Å². The zero-order chi connectivity index (χ0) is 20.3. The third kappa shape index (κ3) is 4.19. The van der Waals surface area contributed by atoms with Crippen molar-refractivity contribution in [2.45, 2.75) is 26.8 Å². The molecule has 3 aromatic rings. The number of carbonyl (C=O) groups is 1. The summed E-state index contributed by atoms with van der Waals surface area (Å²) in [6.45, 7) is 5.80. The van der Waals surface area contributed by atoms with Gasteiger partial charge in [-0.05, 0) is 29.7 Å². The molecule has 0 saturated carbocycles.